The fraction of sp³-hybridized carbons (Fsp3) is 0.800. The minimum Gasteiger partial charge on any atom is -0.0695 e. The van der Waals surface area contributed by atoms with Crippen LogP contribution in [0.1, 0.15) is 52.4 Å². The zero-order valence-corrected chi connectivity index (χ0v) is 24.1. The molecule has 0 aliphatic heterocycles. The highest BCUT2D eigenvalue weighted by Gasteiger charge is 2.90. The fourth-order valence-electron chi connectivity index (χ4n) is 22.1. The Labute approximate surface area is 238 Å². The minimum atomic E-state index is 0.709. The van der Waals surface area contributed by atoms with E-state index >= 15 is 0 Å². The molecule has 24 unspecified atom stereocenters. The van der Waals surface area contributed by atoms with Crippen LogP contribution in [0.5, 0.6) is 0 Å². The zero-order chi connectivity index (χ0) is 24.8. The van der Waals surface area contributed by atoms with Gasteiger partial charge < -0.3 is 0 Å². The van der Waals surface area contributed by atoms with E-state index in [1.165, 1.54) is 53.8 Å². The number of rotatable bonds is 0. The first-order valence-corrected chi connectivity index (χ1v) is 18.6. The van der Waals surface area contributed by atoms with Crippen molar-refractivity contribution in [3.05, 3.63) is 45.1 Å². The van der Waals surface area contributed by atoms with Crippen LogP contribution in [0.3, 0.4) is 0 Å². The first kappa shape index (κ1) is 19.3. The van der Waals surface area contributed by atoms with E-state index in [9.17, 15) is 0 Å². The van der Waals surface area contributed by atoms with Gasteiger partial charge in [-0.2, -0.15) is 0 Å². The Balaban J connectivity index is 1.12. The van der Waals surface area contributed by atoms with E-state index in [0.29, 0.717) is 5.41 Å². The van der Waals surface area contributed by atoms with Gasteiger partial charge in [0.05, 0.1) is 0 Å². The van der Waals surface area contributed by atoms with Gasteiger partial charge in [-0.1, -0.05) is 33.9 Å². The molecular weight excluding hydrogens is 480 g/mol. The lowest BCUT2D eigenvalue weighted by molar-refractivity contribution is -0.142. The van der Waals surface area contributed by atoms with Gasteiger partial charge in [0, 0.05) is 11.3 Å². The number of hydrogen-bond donors (Lipinski definition) is 0. The van der Waals surface area contributed by atoms with Crippen LogP contribution in [0.4, 0.5) is 0 Å². The average Bonchev–Trinajstić information content (AvgIpc) is 3.54. The van der Waals surface area contributed by atoms with E-state index in [2.05, 4.69) is 42.2 Å². The highest BCUT2D eigenvalue weighted by molar-refractivity contribution is 5.71. The lowest BCUT2D eigenvalue weighted by Gasteiger charge is -2.62. The molecule has 0 aromatic carbocycles. The predicted molar refractivity (Wildman–Crippen MR) is 151 cm³/mol. The summed E-state index contributed by atoms with van der Waals surface area (Å²) in [6.07, 6.45) is 12.7. The molecule has 0 nitrogen and oxygen atoms in total. The van der Waals surface area contributed by atoms with E-state index in [4.69, 9.17) is 0 Å². The van der Waals surface area contributed by atoms with Gasteiger partial charge in [0.2, 0.25) is 0 Å². The Morgan fingerprint density at radius 3 is 2.17 bits per heavy atom. The van der Waals surface area contributed by atoms with Crippen molar-refractivity contribution in [2.24, 2.45) is 142 Å². The number of hydrogen-bond acceptors (Lipinski definition) is 0. The second-order valence-electron chi connectivity index (χ2n) is 19.6. The summed E-state index contributed by atoms with van der Waals surface area (Å²) < 4.78 is 0. The van der Waals surface area contributed by atoms with Crippen LogP contribution in [-0.2, 0) is 0 Å². The molecule has 12 fully saturated rings. The van der Waals surface area contributed by atoms with Gasteiger partial charge in [-0.25, -0.2) is 0 Å². The van der Waals surface area contributed by atoms with Crippen LogP contribution < -0.4 is 0 Å². The molecule has 0 heteroatoms. The van der Waals surface area contributed by atoms with E-state index in [1.54, 1.807) is 32.1 Å². The summed E-state index contributed by atoms with van der Waals surface area (Å²) in [5.74, 6) is 25.5. The summed E-state index contributed by atoms with van der Waals surface area (Å²) in [7, 11) is 0. The molecular formula is C40H42. The van der Waals surface area contributed by atoms with Gasteiger partial charge in [-0.3, -0.25) is 0 Å². The topological polar surface area (TPSA) is 0 Å². The second-order valence-corrected chi connectivity index (χ2v) is 19.6. The lowest BCUT2D eigenvalue weighted by Crippen LogP contribution is -2.58. The van der Waals surface area contributed by atoms with Gasteiger partial charge in [0.25, 0.3) is 0 Å². The van der Waals surface area contributed by atoms with Crippen LogP contribution in [0.15, 0.2) is 45.1 Å². The highest BCUT2D eigenvalue weighted by Crippen LogP contribution is 2.95. The Bertz CT molecular complexity index is 1660. The maximum atomic E-state index is 2.95. The summed E-state index contributed by atoms with van der Waals surface area (Å²) in [5.41, 5.74) is 14.9. The highest BCUT2D eigenvalue weighted by atomic mass is 14.9. The molecule has 24 atom stereocenters. The summed E-state index contributed by atoms with van der Waals surface area (Å²) >= 11 is 0. The molecule has 12 saturated carbocycles. The SMILES string of the molecule is CC1=C2C=C3C4C5C2=C2C1C1C(C)=C6CCC7C8CCC9C%10CCC34C3C%10C4C9C8C8C7C6C1C1C2C(C4C18)C53. The van der Waals surface area contributed by atoms with Crippen LogP contribution in [0.25, 0.3) is 0 Å². The van der Waals surface area contributed by atoms with Crippen LogP contribution >= 0.6 is 0 Å². The summed E-state index contributed by atoms with van der Waals surface area (Å²) in [4.78, 5) is 0. The van der Waals surface area contributed by atoms with E-state index < -0.39 is 0 Å². The molecule has 0 saturated heterocycles. The third-order valence-corrected chi connectivity index (χ3v) is 21.1. The van der Waals surface area contributed by atoms with Crippen molar-refractivity contribution < 1.29 is 0 Å². The summed E-state index contributed by atoms with van der Waals surface area (Å²) in [6.45, 7) is 5.41. The maximum absolute atomic E-state index is 2.95. The monoisotopic (exact) mass is 522 g/mol. The zero-order valence-electron chi connectivity index (χ0n) is 24.1. The maximum Gasteiger partial charge on any atom is 0.00909 e. The molecule has 0 aromatic heterocycles. The minimum absolute atomic E-state index is 0.709. The second kappa shape index (κ2) is 4.99. The fourth-order valence-corrected chi connectivity index (χ4v) is 22.1. The van der Waals surface area contributed by atoms with Crippen LogP contribution in [-0.4, -0.2) is 0 Å². The van der Waals surface area contributed by atoms with Gasteiger partial charge in [0.15, 0.2) is 0 Å². The first-order valence-electron chi connectivity index (χ1n) is 18.6. The summed E-state index contributed by atoms with van der Waals surface area (Å²) in [5, 5.41) is 0. The van der Waals surface area contributed by atoms with Crippen LogP contribution in [0.2, 0.25) is 0 Å². The number of fused-ring (bicyclic) bond motifs is 3. The van der Waals surface area contributed by atoms with E-state index in [1.807, 2.05) is 16.7 Å². The molecule has 0 radical (unpaired) electrons. The molecule has 0 aromatic rings. The van der Waals surface area contributed by atoms with Gasteiger partial charge in [-0.05, 0) is 194 Å². The Morgan fingerprint density at radius 1 is 0.600 bits per heavy atom. The van der Waals surface area contributed by atoms with Crippen molar-refractivity contribution in [1.29, 1.82) is 0 Å². The number of allylic oxidation sites excluding steroid dienone is 8. The predicted octanol–water partition coefficient (Wildman–Crippen LogP) is 7.56. The first-order chi connectivity index (χ1) is 19.7. The molecule has 0 amide bonds. The Hall–Kier alpha value is -1.04. The Morgan fingerprint density at radius 2 is 1.32 bits per heavy atom. The summed E-state index contributed by atoms with van der Waals surface area (Å²) in [6, 6.07) is 0. The van der Waals surface area contributed by atoms with Crippen molar-refractivity contribution in [3.8, 4) is 0 Å². The quantitative estimate of drug-likeness (QED) is 0.288. The molecule has 1 spiro atoms. The van der Waals surface area contributed by atoms with Gasteiger partial charge >= 0.3 is 0 Å². The molecule has 0 N–H and O–H groups in total. The van der Waals surface area contributed by atoms with Crippen LogP contribution in [0, 0.1) is 142 Å². The molecule has 0 heterocycles. The smallest absolute Gasteiger partial charge is 0.00909 e. The average molecular weight is 523 g/mol. The lowest BCUT2D eigenvalue weighted by atomic mass is 9.42. The van der Waals surface area contributed by atoms with Crippen molar-refractivity contribution >= 4 is 0 Å². The van der Waals surface area contributed by atoms with Crippen molar-refractivity contribution in [1.82, 2.24) is 0 Å². The third-order valence-electron chi connectivity index (χ3n) is 21.1. The van der Waals surface area contributed by atoms with Gasteiger partial charge in [-0.15, -0.1) is 0 Å². The molecule has 202 valence electrons. The van der Waals surface area contributed by atoms with E-state index in [-0.39, 0.29) is 0 Å². The van der Waals surface area contributed by atoms with Crippen molar-refractivity contribution in [3.63, 3.8) is 0 Å². The molecule has 40 heavy (non-hydrogen) atoms. The van der Waals surface area contributed by atoms with Crippen molar-refractivity contribution in [2.75, 3.05) is 0 Å². The van der Waals surface area contributed by atoms with Crippen molar-refractivity contribution in [2.45, 2.75) is 52.4 Å². The molecule has 16 rings (SSSR count). The Kier molecular flexibility index (Phi) is 2.40. The normalized spacial score (nSPS) is 77.3. The molecule has 16 aliphatic carbocycles. The third kappa shape index (κ3) is 1.31. The molecule has 16 aliphatic rings. The largest absolute Gasteiger partial charge is 0.0695 e. The van der Waals surface area contributed by atoms with Gasteiger partial charge in [0.1, 0.15) is 0 Å². The standard InChI is InChI=1S/C40H42/c1-10-12-3-4-13-14-5-6-15-16-7-8-40-18-9-17-11(2)20-19(10)27-21(12)22(13)29-23(14)24(15)30-26(16)39(40)37-35-32(31(27)33(29)34(30)35)28(20)25(17)36(37)38(18)40/h9,13-16,19-24,26-27,29-39H,3-8H2,1-2H3. The molecule has 0 bridgehead atoms. The van der Waals surface area contributed by atoms with E-state index in [0.717, 1.165) is 88.8 Å².